The van der Waals surface area contributed by atoms with E-state index in [4.69, 9.17) is 0 Å². The average molecular weight is 295 g/mol. The largest absolute Gasteiger partial charge is 0.179 e. The van der Waals surface area contributed by atoms with E-state index in [1.807, 2.05) is 6.26 Å². The van der Waals surface area contributed by atoms with Crippen molar-refractivity contribution in [2.75, 3.05) is 17.8 Å². The van der Waals surface area contributed by atoms with Crippen LogP contribution in [0.4, 0.5) is 0 Å². The fourth-order valence-electron chi connectivity index (χ4n) is 1.09. The highest BCUT2D eigenvalue weighted by Gasteiger charge is 2.23. The van der Waals surface area contributed by atoms with Gasteiger partial charge in [-0.3, -0.25) is 0 Å². The van der Waals surface area contributed by atoms with Crippen molar-refractivity contribution in [2.45, 2.75) is 29.5 Å². The molecule has 1 aromatic rings. The number of thioether (sulfide) groups is 2. The first-order valence-electron chi connectivity index (χ1n) is 5.08. The molecule has 0 spiro atoms. The quantitative estimate of drug-likeness (QED) is 0.657. The van der Waals surface area contributed by atoms with Gasteiger partial charge in [-0.25, -0.2) is 0 Å². The number of thiol groups is 1. The van der Waals surface area contributed by atoms with Gasteiger partial charge in [-0.2, -0.15) is 12.6 Å². The number of nitrogens with zero attached hydrogens (tertiary/aromatic N) is 2. The van der Waals surface area contributed by atoms with Gasteiger partial charge in [0.1, 0.15) is 0 Å². The molecule has 0 aliphatic carbocycles. The zero-order chi connectivity index (χ0) is 12.2. The van der Waals surface area contributed by atoms with Crippen molar-refractivity contribution in [3.8, 4) is 0 Å². The number of aromatic nitrogens is 2. The molecule has 0 aliphatic heterocycles. The fourth-order valence-corrected chi connectivity index (χ4v) is 4.84. The molecule has 0 aromatic carbocycles. The van der Waals surface area contributed by atoms with Crippen molar-refractivity contribution in [3.05, 3.63) is 0 Å². The summed E-state index contributed by atoms with van der Waals surface area (Å²) in [5.41, 5.74) is 0.307. The monoisotopic (exact) mass is 294 g/mol. The minimum absolute atomic E-state index is 0.307. The zero-order valence-electron chi connectivity index (χ0n) is 10.1. The lowest BCUT2D eigenvalue weighted by Gasteiger charge is -2.28. The van der Waals surface area contributed by atoms with Gasteiger partial charge in [0.2, 0.25) is 0 Å². The standard InChI is InChI=1S/C10H18N2S4/c1-10(2,3)7(5-13)6-15-9-12-11-8(14-4)16-9/h7,13H,5-6H2,1-4H3. The Kier molecular flexibility index (Phi) is 5.98. The lowest BCUT2D eigenvalue weighted by atomic mass is 9.83. The Labute approximate surface area is 116 Å². The van der Waals surface area contributed by atoms with Crippen molar-refractivity contribution in [2.24, 2.45) is 11.3 Å². The normalized spacial score (nSPS) is 14.1. The molecule has 0 N–H and O–H groups in total. The van der Waals surface area contributed by atoms with Crippen LogP contribution < -0.4 is 0 Å². The maximum Gasteiger partial charge on any atom is 0.175 e. The van der Waals surface area contributed by atoms with Crippen LogP contribution in [0.5, 0.6) is 0 Å². The first kappa shape index (κ1) is 14.7. The van der Waals surface area contributed by atoms with Gasteiger partial charge in [0.25, 0.3) is 0 Å². The maximum absolute atomic E-state index is 4.43. The van der Waals surface area contributed by atoms with E-state index in [-0.39, 0.29) is 0 Å². The number of rotatable bonds is 5. The van der Waals surface area contributed by atoms with Crippen LogP contribution in [0.1, 0.15) is 20.8 Å². The Morgan fingerprint density at radius 1 is 1.31 bits per heavy atom. The van der Waals surface area contributed by atoms with E-state index in [0.717, 1.165) is 20.2 Å². The summed E-state index contributed by atoms with van der Waals surface area (Å²) in [6, 6.07) is 0. The SMILES string of the molecule is CSc1nnc(SCC(CS)C(C)(C)C)s1. The van der Waals surface area contributed by atoms with Crippen LogP contribution in [-0.4, -0.2) is 28.0 Å². The number of hydrogen-bond acceptors (Lipinski definition) is 6. The third-order valence-electron chi connectivity index (χ3n) is 2.42. The molecule has 0 aliphatic rings. The fraction of sp³-hybridized carbons (Fsp3) is 0.800. The average Bonchev–Trinajstić information content (AvgIpc) is 2.64. The maximum atomic E-state index is 4.43. The summed E-state index contributed by atoms with van der Waals surface area (Å²) in [6.07, 6.45) is 2.03. The van der Waals surface area contributed by atoms with E-state index in [1.165, 1.54) is 0 Å². The molecule has 1 unspecified atom stereocenters. The summed E-state index contributed by atoms with van der Waals surface area (Å²) < 4.78 is 2.11. The Morgan fingerprint density at radius 2 is 1.94 bits per heavy atom. The summed E-state index contributed by atoms with van der Waals surface area (Å²) in [6.45, 7) is 6.80. The predicted molar refractivity (Wildman–Crippen MR) is 79.2 cm³/mol. The molecule has 92 valence electrons. The van der Waals surface area contributed by atoms with Gasteiger partial charge < -0.3 is 0 Å². The lowest BCUT2D eigenvalue weighted by Crippen LogP contribution is -2.24. The summed E-state index contributed by atoms with van der Waals surface area (Å²) in [7, 11) is 0. The molecule has 0 saturated heterocycles. The van der Waals surface area contributed by atoms with E-state index < -0.39 is 0 Å². The number of hydrogen-bond donors (Lipinski definition) is 1. The summed E-state index contributed by atoms with van der Waals surface area (Å²) in [5.74, 6) is 2.59. The first-order chi connectivity index (χ1) is 7.47. The molecule has 0 saturated carbocycles. The van der Waals surface area contributed by atoms with Crippen LogP contribution in [-0.2, 0) is 0 Å². The topological polar surface area (TPSA) is 25.8 Å². The molecule has 0 bridgehead atoms. The van der Waals surface area contributed by atoms with E-state index in [0.29, 0.717) is 11.3 Å². The molecule has 1 aromatic heterocycles. The molecule has 2 nitrogen and oxygen atoms in total. The van der Waals surface area contributed by atoms with Gasteiger partial charge in [-0.05, 0) is 23.3 Å². The second kappa shape index (κ2) is 6.52. The minimum Gasteiger partial charge on any atom is -0.179 e. The van der Waals surface area contributed by atoms with Crippen molar-refractivity contribution < 1.29 is 0 Å². The molecule has 1 rings (SSSR count). The van der Waals surface area contributed by atoms with Crippen LogP contribution in [0.3, 0.4) is 0 Å². The van der Waals surface area contributed by atoms with E-state index in [1.54, 1.807) is 34.9 Å². The second-order valence-corrected chi connectivity index (χ2v) is 8.26. The third kappa shape index (κ3) is 4.47. The highest BCUT2D eigenvalue weighted by Crippen LogP contribution is 2.34. The van der Waals surface area contributed by atoms with Crippen molar-refractivity contribution in [3.63, 3.8) is 0 Å². The van der Waals surface area contributed by atoms with E-state index in [2.05, 4.69) is 43.6 Å². The Balaban J connectivity index is 2.49. The van der Waals surface area contributed by atoms with Gasteiger partial charge in [0.05, 0.1) is 0 Å². The molecule has 1 heterocycles. The lowest BCUT2D eigenvalue weighted by molar-refractivity contribution is 0.294. The van der Waals surface area contributed by atoms with Crippen LogP contribution in [0.15, 0.2) is 8.68 Å². The molecule has 6 heteroatoms. The summed E-state index contributed by atoms with van der Waals surface area (Å²) in [5, 5.41) is 8.25. The van der Waals surface area contributed by atoms with Gasteiger partial charge in [-0.1, -0.05) is 55.6 Å². The Morgan fingerprint density at radius 3 is 2.38 bits per heavy atom. The highest BCUT2D eigenvalue weighted by atomic mass is 32.2. The molecule has 0 amide bonds. The Hall–Kier alpha value is 0.610. The van der Waals surface area contributed by atoms with Gasteiger partial charge in [0.15, 0.2) is 8.68 Å². The van der Waals surface area contributed by atoms with Crippen molar-refractivity contribution >= 4 is 47.5 Å². The summed E-state index contributed by atoms with van der Waals surface area (Å²) in [4.78, 5) is 0. The highest BCUT2D eigenvalue weighted by molar-refractivity contribution is 8.03. The molecular formula is C10H18N2S4. The van der Waals surface area contributed by atoms with Crippen LogP contribution >= 0.6 is 47.5 Å². The molecule has 1 atom stereocenters. The van der Waals surface area contributed by atoms with E-state index >= 15 is 0 Å². The molecule has 0 radical (unpaired) electrons. The predicted octanol–water partition coefficient (Wildman–Crippen LogP) is 3.94. The third-order valence-corrected chi connectivity index (χ3v) is 6.05. The first-order valence-corrected chi connectivity index (χ1v) is 8.74. The molecular weight excluding hydrogens is 276 g/mol. The van der Waals surface area contributed by atoms with Crippen LogP contribution in [0.2, 0.25) is 0 Å². The molecule has 16 heavy (non-hydrogen) atoms. The van der Waals surface area contributed by atoms with Crippen LogP contribution in [0.25, 0.3) is 0 Å². The van der Waals surface area contributed by atoms with Gasteiger partial charge >= 0.3 is 0 Å². The van der Waals surface area contributed by atoms with Gasteiger partial charge in [-0.15, -0.1) is 10.2 Å². The summed E-state index contributed by atoms with van der Waals surface area (Å²) >= 11 is 9.55. The van der Waals surface area contributed by atoms with Crippen molar-refractivity contribution in [1.82, 2.24) is 10.2 Å². The Bertz CT molecular complexity index is 319. The van der Waals surface area contributed by atoms with E-state index in [9.17, 15) is 0 Å². The minimum atomic E-state index is 0.307. The zero-order valence-corrected chi connectivity index (χ0v) is 13.4. The molecule has 0 fully saturated rings. The second-order valence-electron chi connectivity index (χ2n) is 4.59. The van der Waals surface area contributed by atoms with Crippen LogP contribution in [0, 0.1) is 11.3 Å². The van der Waals surface area contributed by atoms with Crippen molar-refractivity contribution in [1.29, 1.82) is 0 Å². The smallest absolute Gasteiger partial charge is 0.175 e. The van der Waals surface area contributed by atoms with Gasteiger partial charge in [0, 0.05) is 5.75 Å².